The Labute approximate surface area is 107 Å². The molecule has 1 aromatic carbocycles. The van der Waals surface area contributed by atoms with E-state index in [1.165, 1.54) is 31.2 Å². The fraction of sp³-hybridized carbons (Fsp3) is 0.647. The van der Waals surface area contributed by atoms with Crippen LogP contribution in [0.4, 0.5) is 0 Å². The SMILES string of the molecule is CCCCC(C)Cc1c(C)cccc1C(C)C. The standard InChI is InChI=1S/C17H28/c1-6-7-9-14(4)12-17-15(5)10-8-11-16(17)13(2)3/h8,10-11,13-14H,6-7,9,12H2,1-5H3. The Balaban J connectivity index is 2.81. The van der Waals surface area contributed by atoms with E-state index in [0.29, 0.717) is 5.92 Å². The van der Waals surface area contributed by atoms with E-state index in [4.69, 9.17) is 0 Å². The minimum atomic E-state index is 0.642. The number of benzene rings is 1. The second-order valence-electron chi connectivity index (χ2n) is 5.75. The maximum atomic E-state index is 2.40. The first-order valence-electron chi connectivity index (χ1n) is 7.14. The lowest BCUT2D eigenvalue weighted by atomic mass is 9.87. The molecule has 0 spiro atoms. The minimum Gasteiger partial charge on any atom is -0.0654 e. The predicted octanol–water partition coefficient (Wildman–Crippen LogP) is 5.49. The van der Waals surface area contributed by atoms with Gasteiger partial charge >= 0.3 is 0 Å². The summed E-state index contributed by atoms with van der Waals surface area (Å²) in [5.41, 5.74) is 4.62. The van der Waals surface area contributed by atoms with Crippen LogP contribution in [0.1, 0.15) is 69.6 Å². The Kier molecular flexibility index (Phi) is 5.74. The maximum Gasteiger partial charge on any atom is -0.0216 e. The van der Waals surface area contributed by atoms with Crippen LogP contribution < -0.4 is 0 Å². The molecule has 0 radical (unpaired) electrons. The van der Waals surface area contributed by atoms with E-state index in [0.717, 1.165) is 5.92 Å². The van der Waals surface area contributed by atoms with Crippen LogP contribution in [-0.2, 0) is 6.42 Å². The summed E-state index contributed by atoms with van der Waals surface area (Å²) in [4.78, 5) is 0. The van der Waals surface area contributed by atoms with E-state index in [-0.39, 0.29) is 0 Å². The van der Waals surface area contributed by atoms with Crippen molar-refractivity contribution in [2.24, 2.45) is 5.92 Å². The molecule has 0 heterocycles. The van der Waals surface area contributed by atoms with Gasteiger partial charge in [-0.05, 0) is 41.9 Å². The first-order valence-corrected chi connectivity index (χ1v) is 7.14. The fourth-order valence-electron chi connectivity index (χ4n) is 2.55. The van der Waals surface area contributed by atoms with Crippen molar-refractivity contribution < 1.29 is 0 Å². The second-order valence-corrected chi connectivity index (χ2v) is 5.75. The van der Waals surface area contributed by atoms with Crippen LogP contribution in [0.3, 0.4) is 0 Å². The van der Waals surface area contributed by atoms with Crippen molar-refractivity contribution in [3.63, 3.8) is 0 Å². The molecule has 0 N–H and O–H groups in total. The van der Waals surface area contributed by atoms with E-state index >= 15 is 0 Å². The van der Waals surface area contributed by atoms with Crippen molar-refractivity contribution in [3.8, 4) is 0 Å². The fourth-order valence-corrected chi connectivity index (χ4v) is 2.55. The summed E-state index contributed by atoms with van der Waals surface area (Å²) < 4.78 is 0. The van der Waals surface area contributed by atoms with Crippen LogP contribution >= 0.6 is 0 Å². The van der Waals surface area contributed by atoms with Crippen molar-refractivity contribution in [1.29, 1.82) is 0 Å². The highest BCUT2D eigenvalue weighted by molar-refractivity contribution is 5.36. The zero-order valence-corrected chi connectivity index (χ0v) is 12.2. The Morgan fingerprint density at radius 2 is 1.82 bits per heavy atom. The zero-order valence-electron chi connectivity index (χ0n) is 12.2. The lowest BCUT2D eigenvalue weighted by molar-refractivity contribution is 0.500. The van der Waals surface area contributed by atoms with Gasteiger partial charge in [-0.1, -0.05) is 65.2 Å². The van der Waals surface area contributed by atoms with Crippen LogP contribution in [0.2, 0.25) is 0 Å². The third-order valence-electron chi connectivity index (χ3n) is 3.67. The number of hydrogen-bond acceptors (Lipinski definition) is 0. The van der Waals surface area contributed by atoms with E-state index in [1.807, 2.05) is 0 Å². The largest absolute Gasteiger partial charge is 0.0654 e. The van der Waals surface area contributed by atoms with Crippen LogP contribution in [0, 0.1) is 12.8 Å². The van der Waals surface area contributed by atoms with Crippen molar-refractivity contribution in [3.05, 3.63) is 34.9 Å². The van der Waals surface area contributed by atoms with Crippen molar-refractivity contribution in [2.45, 2.75) is 66.2 Å². The van der Waals surface area contributed by atoms with Crippen LogP contribution in [0.15, 0.2) is 18.2 Å². The quantitative estimate of drug-likeness (QED) is 0.608. The van der Waals surface area contributed by atoms with Gasteiger partial charge in [0.2, 0.25) is 0 Å². The molecule has 0 aliphatic heterocycles. The summed E-state index contributed by atoms with van der Waals surface area (Å²) >= 11 is 0. The minimum absolute atomic E-state index is 0.642. The molecule has 17 heavy (non-hydrogen) atoms. The molecule has 1 unspecified atom stereocenters. The smallest absolute Gasteiger partial charge is 0.0216 e. The molecular weight excluding hydrogens is 204 g/mol. The van der Waals surface area contributed by atoms with Crippen LogP contribution in [-0.4, -0.2) is 0 Å². The topological polar surface area (TPSA) is 0 Å². The van der Waals surface area contributed by atoms with E-state index in [2.05, 4.69) is 52.8 Å². The number of rotatable bonds is 6. The van der Waals surface area contributed by atoms with Gasteiger partial charge in [-0.3, -0.25) is 0 Å². The molecule has 0 aliphatic rings. The summed E-state index contributed by atoms with van der Waals surface area (Å²) in [6.07, 6.45) is 5.29. The molecule has 0 amide bonds. The van der Waals surface area contributed by atoms with E-state index in [1.54, 1.807) is 11.1 Å². The van der Waals surface area contributed by atoms with Gasteiger partial charge < -0.3 is 0 Å². The molecule has 96 valence electrons. The van der Waals surface area contributed by atoms with Gasteiger partial charge in [-0.15, -0.1) is 0 Å². The average Bonchev–Trinajstić information content (AvgIpc) is 2.28. The molecule has 0 aliphatic carbocycles. The van der Waals surface area contributed by atoms with Crippen molar-refractivity contribution >= 4 is 0 Å². The molecular formula is C17H28. The summed E-state index contributed by atoms with van der Waals surface area (Å²) in [6, 6.07) is 6.76. The van der Waals surface area contributed by atoms with Gasteiger partial charge in [0.15, 0.2) is 0 Å². The average molecular weight is 232 g/mol. The summed E-state index contributed by atoms with van der Waals surface area (Å²) in [5.74, 6) is 1.46. The molecule has 0 aromatic heterocycles. The molecule has 0 saturated carbocycles. The highest BCUT2D eigenvalue weighted by Gasteiger charge is 2.12. The summed E-state index contributed by atoms with van der Waals surface area (Å²) in [6.45, 7) is 11.5. The third-order valence-corrected chi connectivity index (χ3v) is 3.67. The highest BCUT2D eigenvalue weighted by atomic mass is 14.2. The Morgan fingerprint density at radius 3 is 2.41 bits per heavy atom. The lowest BCUT2D eigenvalue weighted by Gasteiger charge is -2.19. The Morgan fingerprint density at radius 1 is 1.12 bits per heavy atom. The lowest BCUT2D eigenvalue weighted by Crippen LogP contribution is -2.06. The molecule has 1 aromatic rings. The molecule has 0 nitrogen and oxygen atoms in total. The van der Waals surface area contributed by atoms with Crippen LogP contribution in [0.25, 0.3) is 0 Å². The monoisotopic (exact) mass is 232 g/mol. The molecule has 1 rings (SSSR count). The first kappa shape index (κ1) is 14.3. The molecule has 0 bridgehead atoms. The first-order chi connectivity index (χ1) is 8.06. The number of unbranched alkanes of at least 4 members (excludes halogenated alkanes) is 1. The van der Waals surface area contributed by atoms with Gasteiger partial charge in [0.05, 0.1) is 0 Å². The Hall–Kier alpha value is -0.780. The van der Waals surface area contributed by atoms with Gasteiger partial charge in [0.1, 0.15) is 0 Å². The summed E-state index contributed by atoms with van der Waals surface area (Å²) in [7, 11) is 0. The number of aryl methyl sites for hydroxylation is 1. The van der Waals surface area contributed by atoms with Crippen molar-refractivity contribution in [1.82, 2.24) is 0 Å². The van der Waals surface area contributed by atoms with Gasteiger partial charge in [-0.2, -0.15) is 0 Å². The predicted molar refractivity (Wildman–Crippen MR) is 77.7 cm³/mol. The zero-order chi connectivity index (χ0) is 12.8. The van der Waals surface area contributed by atoms with Gasteiger partial charge in [0.25, 0.3) is 0 Å². The maximum absolute atomic E-state index is 2.40. The van der Waals surface area contributed by atoms with Gasteiger partial charge in [-0.25, -0.2) is 0 Å². The summed E-state index contributed by atoms with van der Waals surface area (Å²) in [5, 5.41) is 0. The molecule has 0 saturated heterocycles. The molecule has 0 heteroatoms. The molecule has 0 fully saturated rings. The van der Waals surface area contributed by atoms with Crippen molar-refractivity contribution in [2.75, 3.05) is 0 Å². The number of hydrogen-bond donors (Lipinski definition) is 0. The normalized spacial score (nSPS) is 13.1. The second kappa shape index (κ2) is 6.83. The van der Waals surface area contributed by atoms with Gasteiger partial charge in [0, 0.05) is 0 Å². The van der Waals surface area contributed by atoms with E-state index < -0.39 is 0 Å². The Bertz CT molecular complexity index is 336. The van der Waals surface area contributed by atoms with E-state index in [9.17, 15) is 0 Å². The highest BCUT2D eigenvalue weighted by Crippen LogP contribution is 2.26. The van der Waals surface area contributed by atoms with Crippen LogP contribution in [0.5, 0.6) is 0 Å². The third kappa shape index (κ3) is 4.18. The molecule has 1 atom stereocenters.